The van der Waals surface area contributed by atoms with Gasteiger partial charge in [0.25, 0.3) is 0 Å². The predicted octanol–water partition coefficient (Wildman–Crippen LogP) is -0.222. The zero-order valence-electron chi connectivity index (χ0n) is 8.95. The quantitative estimate of drug-likeness (QED) is 0.626. The molecule has 0 spiro atoms. The first-order valence-corrected chi connectivity index (χ1v) is 8.22. The van der Waals surface area contributed by atoms with Crippen LogP contribution in [-0.4, -0.2) is 49.2 Å². The third kappa shape index (κ3) is 8.65. The van der Waals surface area contributed by atoms with Gasteiger partial charge in [-0.2, -0.15) is 0 Å². The molecule has 0 aromatic rings. The molecule has 0 radical (unpaired) electrons. The number of hydrogen-bond acceptors (Lipinski definition) is 4. The topological polar surface area (TPSA) is 63.2 Å². The molecule has 4 nitrogen and oxygen atoms in total. The summed E-state index contributed by atoms with van der Waals surface area (Å²) in [6.45, 7) is 3.24. The summed E-state index contributed by atoms with van der Waals surface area (Å²) in [7, 11) is -3.65. The van der Waals surface area contributed by atoms with Gasteiger partial charge >= 0.3 is 0 Å². The summed E-state index contributed by atoms with van der Waals surface area (Å²) in [5, 5.41) is 3.20. The van der Waals surface area contributed by atoms with Crippen LogP contribution in [0, 0.1) is 0 Å². The lowest BCUT2D eigenvalue weighted by Crippen LogP contribution is -2.29. The van der Waals surface area contributed by atoms with E-state index in [-0.39, 0.29) is 11.0 Å². The summed E-state index contributed by atoms with van der Waals surface area (Å²) < 4.78 is 32.5. The minimum Gasteiger partial charge on any atom is -0.316 e. The Labute approximate surface area is 88.8 Å². The van der Waals surface area contributed by atoms with Gasteiger partial charge in [0, 0.05) is 35.1 Å². The molecule has 6 heteroatoms. The molecule has 0 saturated heterocycles. The van der Waals surface area contributed by atoms with Gasteiger partial charge < -0.3 is 5.32 Å². The number of rotatable bonds is 7. The summed E-state index contributed by atoms with van der Waals surface area (Å²) in [5.41, 5.74) is 0. The molecule has 0 aliphatic heterocycles. The van der Waals surface area contributed by atoms with Gasteiger partial charge in [-0.25, -0.2) is 8.42 Å². The molecule has 0 aliphatic rings. The Balaban J connectivity index is 3.44. The average Bonchev–Trinajstić information content (AvgIpc) is 2.01. The zero-order chi connectivity index (χ0) is 11.2. The Kier molecular flexibility index (Phi) is 6.55. The van der Waals surface area contributed by atoms with E-state index in [9.17, 15) is 12.6 Å². The standard InChI is InChI=1S/C8H19NO3S2/c1-8(13(2)10)7-9-5-4-6-14(3,11)12/h8-9H,4-7H2,1-3H3. The van der Waals surface area contributed by atoms with Crippen LogP contribution in [0.15, 0.2) is 0 Å². The zero-order valence-corrected chi connectivity index (χ0v) is 10.6. The third-order valence-corrected chi connectivity index (χ3v) is 4.20. The van der Waals surface area contributed by atoms with Crippen LogP contribution in [0.1, 0.15) is 13.3 Å². The maximum Gasteiger partial charge on any atom is 0.147 e. The van der Waals surface area contributed by atoms with Crippen LogP contribution in [0.3, 0.4) is 0 Å². The van der Waals surface area contributed by atoms with Crippen molar-refractivity contribution in [2.24, 2.45) is 0 Å². The SMILES string of the molecule is CC(CNCCCS(C)(=O)=O)S(C)=O. The van der Waals surface area contributed by atoms with Crippen LogP contribution in [0.25, 0.3) is 0 Å². The van der Waals surface area contributed by atoms with Crippen LogP contribution in [0.4, 0.5) is 0 Å². The van der Waals surface area contributed by atoms with Crippen molar-refractivity contribution < 1.29 is 12.6 Å². The van der Waals surface area contributed by atoms with E-state index in [0.717, 1.165) is 0 Å². The van der Waals surface area contributed by atoms with Crippen molar-refractivity contribution in [2.45, 2.75) is 18.6 Å². The normalized spacial score (nSPS) is 16.5. The Hall–Kier alpha value is 0.0600. The van der Waals surface area contributed by atoms with Gasteiger partial charge in [-0.1, -0.05) is 0 Å². The van der Waals surface area contributed by atoms with E-state index in [1.54, 1.807) is 6.26 Å². The monoisotopic (exact) mass is 241 g/mol. The summed E-state index contributed by atoms with van der Waals surface area (Å²) in [5.74, 6) is 0.212. The van der Waals surface area contributed by atoms with Crippen LogP contribution in [0.2, 0.25) is 0 Å². The molecular formula is C8H19NO3S2. The van der Waals surface area contributed by atoms with Crippen molar-refractivity contribution in [2.75, 3.05) is 31.4 Å². The lowest BCUT2D eigenvalue weighted by Gasteiger charge is -2.09. The molecule has 0 aromatic heterocycles. The van der Waals surface area contributed by atoms with Crippen LogP contribution in [0.5, 0.6) is 0 Å². The summed E-state index contributed by atoms with van der Waals surface area (Å²) in [4.78, 5) is 0. The van der Waals surface area contributed by atoms with E-state index in [2.05, 4.69) is 5.32 Å². The van der Waals surface area contributed by atoms with Crippen molar-refractivity contribution in [3.8, 4) is 0 Å². The minimum atomic E-state index is -2.84. The van der Waals surface area contributed by atoms with E-state index in [0.29, 0.717) is 19.5 Å². The number of sulfone groups is 1. The molecule has 0 heterocycles. The highest BCUT2D eigenvalue weighted by molar-refractivity contribution is 7.90. The van der Waals surface area contributed by atoms with E-state index >= 15 is 0 Å². The summed E-state index contributed by atoms with van der Waals surface area (Å²) in [6, 6.07) is 0. The molecular weight excluding hydrogens is 222 g/mol. The van der Waals surface area contributed by atoms with Gasteiger partial charge in [0.2, 0.25) is 0 Å². The Morgan fingerprint density at radius 1 is 1.43 bits per heavy atom. The van der Waals surface area contributed by atoms with Crippen molar-refractivity contribution in [3.63, 3.8) is 0 Å². The van der Waals surface area contributed by atoms with E-state index in [1.807, 2.05) is 6.92 Å². The fourth-order valence-corrected chi connectivity index (χ4v) is 1.90. The average molecular weight is 241 g/mol. The molecule has 0 amide bonds. The van der Waals surface area contributed by atoms with E-state index in [1.165, 1.54) is 6.26 Å². The second-order valence-corrected chi connectivity index (χ2v) is 7.56. The van der Waals surface area contributed by atoms with E-state index < -0.39 is 20.6 Å². The summed E-state index contributed by atoms with van der Waals surface area (Å²) >= 11 is 0. The van der Waals surface area contributed by atoms with Gasteiger partial charge in [0.1, 0.15) is 9.84 Å². The smallest absolute Gasteiger partial charge is 0.147 e. The van der Waals surface area contributed by atoms with Crippen molar-refractivity contribution in [3.05, 3.63) is 0 Å². The first kappa shape index (κ1) is 14.1. The Morgan fingerprint density at radius 2 is 2.00 bits per heavy atom. The maximum absolute atomic E-state index is 10.9. The van der Waals surface area contributed by atoms with Crippen LogP contribution in [-0.2, 0) is 20.6 Å². The number of hydrogen-bond donors (Lipinski definition) is 1. The van der Waals surface area contributed by atoms with Crippen LogP contribution >= 0.6 is 0 Å². The van der Waals surface area contributed by atoms with Crippen molar-refractivity contribution in [1.82, 2.24) is 5.32 Å². The van der Waals surface area contributed by atoms with Gasteiger partial charge in [0.05, 0.1) is 5.75 Å². The first-order valence-electron chi connectivity index (χ1n) is 4.53. The molecule has 0 fully saturated rings. The molecule has 2 unspecified atom stereocenters. The lowest BCUT2D eigenvalue weighted by molar-refractivity contribution is 0.593. The molecule has 14 heavy (non-hydrogen) atoms. The largest absolute Gasteiger partial charge is 0.316 e. The minimum absolute atomic E-state index is 0.119. The van der Waals surface area contributed by atoms with Gasteiger partial charge in [0.15, 0.2) is 0 Å². The third-order valence-electron chi connectivity index (χ3n) is 1.87. The molecule has 86 valence electrons. The predicted molar refractivity (Wildman–Crippen MR) is 60.7 cm³/mol. The Morgan fingerprint density at radius 3 is 2.43 bits per heavy atom. The summed E-state index contributed by atoms with van der Waals surface area (Å²) in [6.07, 6.45) is 3.52. The number of nitrogens with one attached hydrogen (secondary N) is 1. The molecule has 0 saturated carbocycles. The van der Waals surface area contributed by atoms with Crippen molar-refractivity contribution in [1.29, 1.82) is 0 Å². The van der Waals surface area contributed by atoms with Gasteiger partial charge in [-0.15, -0.1) is 0 Å². The maximum atomic E-state index is 10.9. The Bertz CT molecular complexity index is 274. The molecule has 1 N–H and O–H groups in total. The molecule has 0 bridgehead atoms. The highest BCUT2D eigenvalue weighted by atomic mass is 32.2. The van der Waals surface area contributed by atoms with Gasteiger partial charge in [-0.3, -0.25) is 4.21 Å². The molecule has 0 aromatic carbocycles. The second-order valence-electron chi connectivity index (χ2n) is 3.50. The highest BCUT2D eigenvalue weighted by Gasteiger charge is 2.05. The van der Waals surface area contributed by atoms with E-state index in [4.69, 9.17) is 0 Å². The van der Waals surface area contributed by atoms with Crippen molar-refractivity contribution >= 4 is 20.6 Å². The molecule has 0 rings (SSSR count). The molecule has 2 atom stereocenters. The molecule has 0 aliphatic carbocycles. The first-order chi connectivity index (χ1) is 6.33. The fraction of sp³-hybridized carbons (Fsp3) is 1.00. The fourth-order valence-electron chi connectivity index (χ4n) is 0.882. The van der Waals surface area contributed by atoms with Crippen LogP contribution < -0.4 is 5.32 Å². The van der Waals surface area contributed by atoms with Gasteiger partial charge in [-0.05, 0) is 19.9 Å². The highest BCUT2D eigenvalue weighted by Crippen LogP contribution is 1.91. The lowest BCUT2D eigenvalue weighted by atomic mass is 10.4. The second kappa shape index (κ2) is 6.53.